The first-order valence-corrected chi connectivity index (χ1v) is 7.61. The van der Waals surface area contributed by atoms with Crippen molar-refractivity contribution in [2.75, 3.05) is 26.2 Å². The highest BCUT2D eigenvalue weighted by Crippen LogP contribution is 2.20. The van der Waals surface area contributed by atoms with Crippen molar-refractivity contribution in [2.45, 2.75) is 26.7 Å². The Morgan fingerprint density at radius 3 is 2.71 bits per heavy atom. The fourth-order valence-electron chi connectivity index (χ4n) is 3.04. The average Bonchev–Trinajstić information content (AvgIpc) is 2.43. The Hall–Kier alpha value is -1.69. The summed E-state index contributed by atoms with van der Waals surface area (Å²) < 4.78 is 0. The fourth-order valence-corrected chi connectivity index (χ4v) is 3.04. The number of hydrogen-bond donors (Lipinski definition) is 2. The topological polar surface area (TPSA) is 78.1 Å². The van der Waals surface area contributed by atoms with Gasteiger partial charge in [-0.25, -0.2) is 5.10 Å². The molecule has 1 amide bonds. The molecule has 0 radical (unpaired) electrons. The number of H-pyrrole nitrogens is 1. The predicted octanol–water partition coefficient (Wildman–Crippen LogP) is 0.868. The summed E-state index contributed by atoms with van der Waals surface area (Å²) >= 11 is 0. The summed E-state index contributed by atoms with van der Waals surface area (Å²) in [4.78, 5) is 25.2. The lowest BCUT2D eigenvalue weighted by Gasteiger charge is -2.34. The van der Waals surface area contributed by atoms with E-state index in [9.17, 15) is 9.59 Å². The van der Waals surface area contributed by atoms with Crippen LogP contribution in [0.5, 0.6) is 0 Å². The molecule has 21 heavy (non-hydrogen) atoms. The predicted molar refractivity (Wildman–Crippen MR) is 81.2 cm³/mol. The normalized spacial score (nSPS) is 23.0. The lowest BCUT2D eigenvalue weighted by molar-refractivity contribution is 0.0941. The van der Waals surface area contributed by atoms with Crippen molar-refractivity contribution in [3.05, 3.63) is 28.2 Å². The van der Waals surface area contributed by atoms with Crippen LogP contribution in [0.2, 0.25) is 0 Å². The van der Waals surface area contributed by atoms with Crippen molar-refractivity contribution >= 4 is 5.91 Å². The molecule has 1 aromatic rings. The Bertz CT molecular complexity index is 498. The van der Waals surface area contributed by atoms with E-state index in [0.29, 0.717) is 6.54 Å². The molecule has 0 aromatic carbocycles. The van der Waals surface area contributed by atoms with Gasteiger partial charge in [-0.3, -0.25) is 9.59 Å². The molecule has 2 heterocycles. The smallest absolute Gasteiger partial charge is 0.271 e. The fraction of sp³-hybridized carbons (Fsp3) is 0.667. The van der Waals surface area contributed by atoms with Gasteiger partial charge >= 0.3 is 0 Å². The SMILES string of the molecule is CC1CC(C)CN(CCCNC(=O)c2ccc(=O)[nH]n2)C1. The van der Waals surface area contributed by atoms with Gasteiger partial charge in [-0.05, 0) is 37.3 Å². The number of carbonyl (C=O) groups is 1. The van der Waals surface area contributed by atoms with Crippen LogP contribution in [-0.2, 0) is 0 Å². The maximum Gasteiger partial charge on any atom is 0.271 e. The number of amides is 1. The highest BCUT2D eigenvalue weighted by atomic mass is 16.2. The van der Waals surface area contributed by atoms with Crippen LogP contribution in [0.3, 0.4) is 0 Å². The standard InChI is InChI=1S/C15H24N4O2/c1-11-8-12(2)10-19(9-11)7-3-6-16-15(21)13-4-5-14(20)18-17-13/h4-5,11-12H,3,6-10H2,1-2H3,(H,16,21)(H,18,20). The number of hydrogen-bond acceptors (Lipinski definition) is 4. The molecule has 0 aliphatic carbocycles. The Morgan fingerprint density at radius 2 is 2.10 bits per heavy atom. The summed E-state index contributed by atoms with van der Waals surface area (Å²) in [6, 6.07) is 2.74. The molecule has 0 spiro atoms. The van der Waals surface area contributed by atoms with E-state index in [0.717, 1.165) is 37.9 Å². The summed E-state index contributed by atoms with van der Waals surface area (Å²) in [5.41, 5.74) is -0.0605. The van der Waals surface area contributed by atoms with Gasteiger partial charge in [-0.1, -0.05) is 13.8 Å². The van der Waals surface area contributed by atoms with Crippen LogP contribution in [0.15, 0.2) is 16.9 Å². The molecule has 1 saturated heterocycles. The van der Waals surface area contributed by atoms with Crippen LogP contribution < -0.4 is 10.9 Å². The maximum atomic E-state index is 11.8. The molecular weight excluding hydrogens is 268 g/mol. The minimum absolute atomic E-state index is 0.244. The van der Waals surface area contributed by atoms with E-state index < -0.39 is 0 Å². The van der Waals surface area contributed by atoms with E-state index >= 15 is 0 Å². The van der Waals surface area contributed by atoms with Crippen LogP contribution in [0, 0.1) is 11.8 Å². The zero-order valence-electron chi connectivity index (χ0n) is 12.8. The number of likely N-dealkylation sites (tertiary alicyclic amines) is 1. The van der Waals surface area contributed by atoms with Gasteiger partial charge in [0.05, 0.1) is 0 Å². The number of rotatable bonds is 5. The number of carbonyl (C=O) groups excluding carboxylic acids is 1. The molecule has 2 N–H and O–H groups in total. The Kier molecular flexibility index (Phi) is 5.50. The first-order valence-electron chi connectivity index (χ1n) is 7.61. The number of nitrogens with zero attached hydrogens (tertiary/aromatic N) is 2. The van der Waals surface area contributed by atoms with Crippen LogP contribution in [-0.4, -0.2) is 47.2 Å². The molecule has 2 rings (SSSR count). The van der Waals surface area contributed by atoms with Gasteiger partial charge in [-0.2, -0.15) is 5.10 Å². The largest absolute Gasteiger partial charge is 0.351 e. The van der Waals surface area contributed by atoms with Gasteiger partial charge in [0.15, 0.2) is 0 Å². The van der Waals surface area contributed by atoms with Gasteiger partial charge in [0, 0.05) is 25.7 Å². The average molecular weight is 292 g/mol. The number of aromatic nitrogens is 2. The lowest BCUT2D eigenvalue weighted by Crippen LogP contribution is -2.40. The van der Waals surface area contributed by atoms with Crippen molar-refractivity contribution in [1.82, 2.24) is 20.4 Å². The first kappa shape index (κ1) is 15.7. The summed E-state index contributed by atoms with van der Waals surface area (Å²) in [6.45, 7) is 8.53. The summed E-state index contributed by atoms with van der Waals surface area (Å²) in [7, 11) is 0. The van der Waals surface area contributed by atoms with E-state index in [2.05, 4.69) is 34.3 Å². The molecule has 2 unspecified atom stereocenters. The van der Waals surface area contributed by atoms with Gasteiger partial charge in [-0.15, -0.1) is 0 Å². The van der Waals surface area contributed by atoms with Crippen LogP contribution in [0.4, 0.5) is 0 Å². The minimum atomic E-state index is -0.306. The Balaban J connectivity index is 1.68. The molecule has 1 aliphatic heterocycles. The van der Waals surface area contributed by atoms with Crippen molar-refractivity contribution < 1.29 is 4.79 Å². The monoisotopic (exact) mass is 292 g/mol. The first-order chi connectivity index (χ1) is 10.0. The molecule has 116 valence electrons. The van der Waals surface area contributed by atoms with Crippen LogP contribution in [0.1, 0.15) is 37.2 Å². The van der Waals surface area contributed by atoms with Gasteiger partial charge < -0.3 is 10.2 Å². The van der Waals surface area contributed by atoms with Crippen molar-refractivity contribution in [3.63, 3.8) is 0 Å². The molecule has 2 atom stereocenters. The number of nitrogens with one attached hydrogen (secondary N) is 2. The van der Waals surface area contributed by atoms with E-state index in [1.807, 2.05) is 0 Å². The molecule has 1 aliphatic rings. The molecular formula is C15H24N4O2. The zero-order chi connectivity index (χ0) is 15.2. The van der Waals surface area contributed by atoms with Gasteiger partial charge in [0.25, 0.3) is 11.5 Å². The van der Waals surface area contributed by atoms with E-state index in [4.69, 9.17) is 0 Å². The third-order valence-electron chi connectivity index (χ3n) is 3.79. The molecule has 0 bridgehead atoms. The van der Waals surface area contributed by atoms with Crippen molar-refractivity contribution in [2.24, 2.45) is 11.8 Å². The van der Waals surface area contributed by atoms with Crippen molar-refractivity contribution in [1.29, 1.82) is 0 Å². The molecule has 1 aromatic heterocycles. The lowest BCUT2D eigenvalue weighted by atomic mass is 9.92. The zero-order valence-corrected chi connectivity index (χ0v) is 12.8. The maximum absolute atomic E-state index is 11.8. The summed E-state index contributed by atoms with van der Waals surface area (Å²) in [5, 5.41) is 8.79. The second-order valence-electron chi connectivity index (χ2n) is 6.12. The summed E-state index contributed by atoms with van der Waals surface area (Å²) in [5.74, 6) is 1.27. The highest BCUT2D eigenvalue weighted by molar-refractivity contribution is 5.91. The Morgan fingerprint density at radius 1 is 1.38 bits per heavy atom. The summed E-state index contributed by atoms with van der Waals surface area (Å²) in [6.07, 6.45) is 2.24. The van der Waals surface area contributed by atoms with Crippen LogP contribution in [0.25, 0.3) is 0 Å². The Labute approximate surface area is 124 Å². The number of aromatic amines is 1. The van der Waals surface area contributed by atoms with Gasteiger partial charge in [0.2, 0.25) is 0 Å². The quantitative estimate of drug-likeness (QED) is 0.789. The van der Waals surface area contributed by atoms with Crippen LogP contribution >= 0.6 is 0 Å². The van der Waals surface area contributed by atoms with Crippen molar-refractivity contribution in [3.8, 4) is 0 Å². The minimum Gasteiger partial charge on any atom is -0.351 e. The van der Waals surface area contributed by atoms with E-state index in [1.165, 1.54) is 18.6 Å². The number of piperidine rings is 1. The second kappa shape index (κ2) is 7.36. The molecule has 6 nitrogen and oxygen atoms in total. The third kappa shape index (κ3) is 4.97. The second-order valence-corrected chi connectivity index (χ2v) is 6.12. The van der Waals surface area contributed by atoms with Gasteiger partial charge in [0.1, 0.15) is 5.69 Å². The molecule has 6 heteroatoms. The highest BCUT2D eigenvalue weighted by Gasteiger charge is 2.21. The third-order valence-corrected chi connectivity index (χ3v) is 3.79. The van der Waals surface area contributed by atoms with E-state index in [1.54, 1.807) is 0 Å². The van der Waals surface area contributed by atoms with E-state index in [-0.39, 0.29) is 17.2 Å². The molecule has 0 saturated carbocycles. The molecule has 1 fully saturated rings.